The van der Waals surface area contributed by atoms with Gasteiger partial charge in [-0.05, 0) is 25.5 Å². The summed E-state index contributed by atoms with van der Waals surface area (Å²) >= 11 is 0. The molecule has 2 aromatic rings. The molecule has 8 nitrogen and oxygen atoms in total. The van der Waals surface area contributed by atoms with Crippen LogP contribution in [0.5, 0.6) is 0 Å². The van der Waals surface area contributed by atoms with Gasteiger partial charge in [-0.3, -0.25) is 4.79 Å². The topological polar surface area (TPSA) is 99.9 Å². The van der Waals surface area contributed by atoms with E-state index >= 15 is 0 Å². The van der Waals surface area contributed by atoms with E-state index in [0.29, 0.717) is 38.0 Å². The number of nitrogens with zero attached hydrogens (tertiary/aromatic N) is 3. The Morgan fingerprint density at radius 1 is 1.19 bits per heavy atom. The average Bonchev–Trinajstić information content (AvgIpc) is 2.94. The van der Waals surface area contributed by atoms with Gasteiger partial charge >= 0.3 is 5.97 Å². The number of carbonyl (C=O) groups is 1. The van der Waals surface area contributed by atoms with Crippen molar-refractivity contribution in [3.8, 4) is 0 Å². The van der Waals surface area contributed by atoms with Crippen LogP contribution in [0.3, 0.4) is 0 Å². The quantitative estimate of drug-likeness (QED) is 0.834. The maximum Gasteiger partial charge on any atom is 0.341 e. The molecule has 0 aliphatic carbocycles. The number of hydrogen-bond acceptors (Lipinski definition) is 5. The van der Waals surface area contributed by atoms with Crippen molar-refractivity contribution < 1.29 is 18.3 Å². The number of piperazine rings is 1. The predicted octanol–water partition coefficient (Wildman–Crippen LogP) is 0.898. The molecular weight excluding hydrogens is 370 g/mol. The molecule has 1 aromatic carbocycles. The fraction of sp³-hybridized carbons (Fsp3) is 0.444. The first kappa shape index (κ1) is 18.0. The van der Waals surface area contributed by atoms with Gasteiger partial charge < -0.3 is 14.6 Å². The first-order valence-electron chi connectivity index (χ1n) is 8.82. The normalized spacial score (nSPS) is 20.4. The number of hydrogen-bond donors (Lipinski definition) is 1. The van der Waals surface area contributed by atoms with Crippen LogP contribution in [0.1, 0.15) is 28.9 Å². The third kappa shape index (κ3) is 2.81. The van der Waals surface area contributed by atoms with Crippen LogP contribution in [-0.4, -0.2) is 60.8 Å². The minimum atomic E-state index is -3.19. The molecule has 144 valence electrons. The van der Waals surface area contributed by atoms with Crippen molar-refractivity contribution in [1.82, 2.24) is 8.87 Å². The van der Waals surface area contributed by atoms with Gasteiger partial charge in [0, 0.05) is 55.1 Å². The molecule has 0 saturated carbocycles. The molecular formula is C18H21N3O5S. The number of benzene rings is 1. The second-order valence-corrected chi connectivity index (χ2v) is 9.23. The molecule has 1 fully saturated rings. The number of pyridine rings is 1. The maximum absolute atomic E-state index is 12.6. The van der Waals surface area contributed by atoms with E-state index < -0.39 is 21.4 Å². The van der Waals surface area contributed by atoms with E-state index in [2.05, 4.69) is 4.90 Å². The Morgan fingerprint density at radius 3 is 2.44 bits per heavy atom. The Balaban J connectivity index is 1.79. The van der Waals surface area contributed by atoms with Crippen molar-refractivity contribution >= 4 is 32.6 Å². The number of sulfonamides is 1. The van der Waals surface area contributed by atoms with Gasteiger partial charge in [-0.15, -0.1) is 0 Å². The lowest BCUT2D eigenvalue weighted by Crippen LogP contribution is -2.48. The third-order valence-corrected chi connectivity index (χ3v) is 6.83. The van der Waals surface area contributed by atoms with E-state index in [1.54, 1.807) is 6.07 Å². The summed E-state index contributed by atoms with van der Waals surface area (Å²) in [5.41, 5.74) is 2.15. The smallest absolute Gasteiger partial charge is 0.341 e. The molecule has 2 aliphatic heterocycles. The molecule has 1 saturated heterocycles. The molecule has 27 heavy (non-hydrogen) atoms. The van der Waals surface area contributed by atoms with Crippen LogP contribution in [0, 0.1) is 0 Å². The van der Waals surface area contributed by atoms with Crippen molar-refractivity contribution in [3.05, 3.63) is 39.7 Å². The summed E-state index contributed by atoms with van der Waals surface area (Å²) in [6.07, 6.45) is 3.37. The van der Waals surface area contributed by atoms with Crippen molar-refractivity contribution in [1.29, 1.82) is 0 Å². The van der Waals surface area contributed by atoms with Gasteiger partial charge in [-0.1, -0.05) is 0 Å². The number of carboxylic acid groups (broad SMARTS) is 1. The number of carboxylic acids is 1. The molecule has 3 heterocycles. The lowest BCUT2D eigenvalue weighted by molar-refractivity contribution is 0.0694. The van der Waals surface area contributed by atoms with Crippen molar-refractivity contribution in [2.45, 2.75) is 19.4 Å². The Labute approximate surface area is 156 Å². The lowest BCUT2D eigenvalue weighted by atomic mass is 10.0. The second-order valence-electron chi connectivity index (χ2n) is 7.25. The van der Waals surface area contributed by atoms with Gasteiger partial charge in [-0.25, -0.2) is 13.2 Å². The molecule has 1 atom stereocenters. The highest BCUT2D eigenvalue weighted by Gasteiger charge is 2.30. The van der Waals surface area contributed by atoms with E-state index in [9.17, 15) is 23.1 Å². The maximum atomic E-state index is 12.6. The van der Waals surface area contributed by atoms with Crippen LogP contribution < -0.4 is 10.3 Å². The molecule has 0 radical (unpaired) electrons. The number of aromatic nitrogens is 1. The fourth-order valence-corrected chi connectivity index (χ4v) is 4.99. The lowest BCUT2D eigenvalue weighted by Gasteiger charge is -2.35. The molecule has 1 unspecified atom stereocenters. The number of aromatic carboxylic acids is 1. The Bertz CT molecular complexity index is 1110. The van der Waals surface area contributed by atoms with Crippen LogP contribution in [0.2, 0.25) is 0 Å². The summed E-state index contributed by atoms with van der Waals surface area (Å²) in [6.45, 7) is 4.02. The van der Waals surface area contributed by atoms with Crippen LogP contribution in [0.15, 0.2) is 23.1 Å². The number of anilines is 1. The first-order valence-corrected chi connectivity index (χ1v) is 10.7. The summed E-state index contributed by atoms with van der Waals surface area (Å²) in [5, 5.41) is 9.75. The van der Waals surface area contributed by atoms with Crippen LogP contribution in [0.4, 0.5) is 5.69 Å². The van der Waals surface area contributed by atoms with Crippen LogP contribution >= 0.6 is 0 Å². The highest BCUT2D eigenvalue weighted by molar-refractivity contribution is 7.88. The second kappa shape index (κ2) is 6.07. The monoisotopic (exact) mass is 391 g/mol. The van der Waals surface area contributed by atoms with Crippen molar-refractivity contribution in [3.63, 3.8) is 0 Å². The summed E-state index contributed by atoms with van der Waals surface area (Å²) in [5.74, 6) is -1.22. The molecule has 1 N–H and O–H groups in total. The summed E-state index contributed by atoms with van der Waals surface area (Å²) in [7, 11) is -3.19. The molecule has 0 spiro atoms. The van der Waals surface area contributed by atoms with Gasteiger partial charge in [0.05, 0.1) is 11.8 Å². The SMILES string of the molecule is CC1Cc2c(N3CCN(S(C)(=O)=O)CC3)ccc3c(=O)c(C(=O)O)cn1c23. The van der Waals surface area contributed by atoms with E-state index in [1.165, 1.54) is 16.8 Å². The van der Waals surface area contributed by atoms with Crippen LogP contribution in [-0.2, 0) is 16.4 Å². The largest absolute Gasteiger partial charge is 0.477 e. The molecule has 0 bridgehead atoms. The highest BCUT2D eigenvalue weighted by Crippen LogP contribution is 2.38. The van der Waals surface area contributed by atoms with Gasteiger partial charge in [0.1, 0.15) is 5.56 Å². The van der Waals surface area contributed by atoms with Crippen molar-refractivity contribution in [2.24, 2.45) is 0 Å². The zero-order valence-electron chi connectivity index (χ0n) is 15.2. The van der Waals surface area contributed by atoms with Crippen LogP contribution in [0.25, 0.3) is 10.9 Å². The van der Waals surface area contributed by atoms with Gasteiger partial charge in [0.2, 0.25) is 15.5 Å². The van der Waals surface area contributed by atoms with Crippen molar-refractivity contribution in [2.75, 3.05) is 37.3 Å². The molecule has 0 amide bonds. The van der Waals surface area contributed by atoms with Gasteiger partial charge in [-0.2, -0.15) is 4.31 Å². The molecule has 1 aromatic heterocycles. The highest BCUT2D eigenvalue weighted by atomic mass is 32.2. The average molecular weight is 391 g/mol. The Morgan fingerprint density at radius 2 is 1.85 bits per heavy atom. The molecule has 4 rings (SSSR count). The van der Waals surface area contributed by atoms with E-state index in [-0.39, 0.29) is 11.6 Å². The van der Waals surface area contributed by atoms with E-state index in [4.69, 9.17) is 0 Å². The first-order chi connectivity index (χ1) is 12.7. The Kier molecular flexibility index (Phi) is 4.04. The zero-order valence-corrected chi connectivity index (χ0v) is 16.0. The summed E-state index contributed by atoms with van der Waals surface area (Å²) < 4.78 is 26.8. The Hall–Kier alpha value is -2.39. The van der Waals surface area contributed by atoms with E-state index in [0.717, 1.165) is 16.8 Å². The van der Waals surface area contributed by atoms with E-state index in [1.807, 2.05) is 17.6 Å². The standard InChI is InChI=1S/C18H21N3O5S/c1-11-9-13-15(19-5-7-20(8-6-19)27(2,25)26)4-3-12-16(13)21(11)10-14(17(12)22)18(23)24/h3-4,10-11H,5-9H2,1-2H3,(H,23,24). The number of rotatable bonds is 3. The molecule has 9 heteroatoms. The minimum Gasteiger partial charge on any atom is -0.477 e. The molecule has 2 aliphatic rings. The summed E-state index contributed by atoms with van der Waals surface area (Å²) in [4.78, 5) is 26.1. The fourth-order valence-electron chi connectivity index (χ4n) is 4.16. The summed E-state index contributed by atoms with van der Waals surface area (Å²) in [6, 6.07) is 3.61. The predicted molar refractivity (Wildman–Crippen MR) is 102 cm³/mol. The zero-order chi connectivity index (χ0) is 19.5. The minimum absolute atomic E-state index is 0.0552. The van der Waals surface area contributed by atoms with Gasteiger partial charge in [0.25, 0.3) is 0 Å². The van der Waals surface area contributed by atoms with Gasteiger partial charge in [0.15, 0.2) is 0 Å². The third-order valence-electron chi connectivity index (χ3n) is 5.53.